The lowest BCUT2D eigenvalue weighted by atomic mass is 10.1. The van der Waals surface area contributed by atoms with E-state index in [4.69, 9.17) is 19.4 Å². The highest BCUT2D eigenvalue weighted by molar-refractivity contribution is 5.56. The summed E-state index contributed by atoms with van der Waals surface area (Å²) in [5, 5.41) is 25.2. The molecule has 0 spiro atoms. The van der Waals surface area contributed by atoms with Crippen LogP contribution in [0.2, 0.25) is 0 Å². The van der Waals surface area contributed by atoms with Gasteiger partial charge in [0.2, 0.25) is 0 Å². The Labute approximate surface area is 179 Å². The summed E-state index contributed by atoms with van der Waals surface area (Å²) in [5.41, 5.74) is 2.32. The van der Waals surface area contributed by atoms with Gasteiger partial charge in [-0.25, -0.2) is 4.98 Å². The molecule has 2 aliphatic heterocycles. The third kappa shape index (κ3) is 11.7. The van der Waals surface area contributed by atoms with Crippen molar-refractivity contribution in [3.8, 4) is 11.3 Å². The topological polar surface area (TPSA) is 120 Å². The lowest BCUT2D eigenvalue weighted by molar-refractivity contribution is -0.122. The number of nitrogens with zero attached hydrogens (tertiary/aromatic N) is 1. The van der Waals surface area contributed by atoms with Crippen LogP contribution in [-0.4, -0.2) is 67.0 Å². The van der Waals surface area contributed by atoms with Crippen LogP contribution < -0.4 is 16.0 Å². The van der Waals surface area contributed by atoms with E-state index >= 15 is 0 Å². The minimum atomic E-state index is -0.250. The predicted molar refractivity (Wildman–Crippen MR) is 118 cm³/mol. The van der Waals surface area contributed by atoms with Crippen LogP contribution in [-0.2, 0) is 4.79 Å². The fourth-order valence-corrected chi connectivity index (χ4v) is 3.04. The number of rotatable bonds is 4. The van der Waals surface area contributed by atoms with Crippen molar-refractivity contribution in [2.45, 2.75) is 44.8 Å². The van der Waals surface area contributed by atoms with Crippen LogP contribution in [0, 0.1) is 6.92 Å². The van der Waals surface area contributed by atoms with E-state index in [2.05, 4.69) is 40.0 Å². The molecule has 30 heavy (non-hydrogen) atoms. The Morgan fingerprint density at radius 2 is 2.00 bits per heavy atom. The van der Waals surface area contributed by atoms with Crippen LogP contribution in [0.3, 0.4) is 0 Å². The lowest BCUT2D eigenvalue weighted by Crippen LogP contribution is -2.25. The first-order chi connectivity index (χ1) is 14.6. The Morgan fingerprint density at radius 3 is 2.43 bits per heavy atom. The number of carboxylic acid groups (broad SMARTS) is 1. The first kappa shape index (κ1) is 25.8. The molecule has 2 aromatic rings. The Hall–Kier alpha value is -2.26. The average molecular weight is 421 g/mol. The molecule has 3 heterocycles. The zero-order valence-electron chi connectivity index (χ0n) is 18.0. The van der Waals surface area contributed by atoms with Gasteiger partial charge in [-0.1, -0.05) is 29.8 Å². The number of benzene rings is 1. The molecule has 2 unspecified atom stereocenters. The fourth-order valence-electron chi connectivity index (χ4n) is 3.04. The number of aryl methyl sites for hydroxylation is 1. The number of hydrogen-bond donors (Lipinski definition) is 5. The van der Waals surface area contributed by atoms with Gasteiger partial charge in [-0.15, -0.1) is 0 Å². The van der Waals surface area contributed by atoms with E-state index in [-0.39, 0.29) is 12.6 Å². The summed E-state index contributed by atoms with van der Waals surface area (Å²) in [6.45, 7) is 5.97. The standard InChI is InChI=1S/C10H9NO.C7H16N2.C4H9NO.CH2O2/c1-8-2-4-9(5-3-8)10-6-11-7-12-10;1-8-6-4-7-3-2-5-9-7;6-4-1-2-5-3-4;2-1-3/h2-7H,1H3;7-9H,2-6H2,1H3;4-6H,1-3H2;1H,(H,2,3). The maximum atomic E-state index is 8.67. The second kappa shape index (κ2) is 16.5. The molecule has 8 heteroatoms. The van der Waals surface area contributed by atoms with Gasteiger partial charge in [0.25, 0.3) is 6.47 Å². The highest BCUT2D eigenvalue weighted by atomic mass is 16.3. The normalized spacial score (nSPS) is 19.4. The van der Waals surface area contributed by atoms with E-state index in [0.717, 1.165) is 43.4 Å². The summed E-state index contributed by atoms with van der Waals surface area (Å²) in [7, 11) is 2.01. The minimum Gasteiger partial charge on any atom is -0.483 e. The van der Waals surface area contributed by atoms with Crippen LogP contribution in [0.15, 0.2) is 41.3 Å². The van der Waals surface area contributed by atoms with Crippen molar-refractivity contribution >= 4 is 6.47 Å². The minimum absolute atomic E-state index is 0.0648. The van der Waals surface area contributed by atoms with E-state index in [1.807, 2.05) is 19.2 Å². The van der Waals surface area contributed by atoms with Crippen LogP contribution >= 0.6 is 0 Å². The molecule has 2 atom stereocenters. The molecule has 4 rings (SSSR count). The van der Waals surface area contributed by atoms with Crippen molar-refractivity contribution in [1.82, 2.24) is 20.9 Å². The zero-order valence-corrected chi connectivity index (χ0v) is 18.0. The van der Waals surface area contributed by atoms with Gasteiger partial charge in [-0.2, -0.15) is 0 Å². The predicted octanol–water partition coefficient (Wildman–Crippen LogP) is 2.04. The molecule has 8 nitrogen and oxygen atoms in total. The molecule has 2 saturated heterocycles. The summed E-state index contributed by atoms with van der Waals surface area (Å²) >= 11 is 0. The molecule has 0 amide bonds. The van der Waals surface area contributed by atoms with Crippen molar-refractivity contribution in [2.75, 3.05) is 33.2 Å². The molecule has 2 aliphatic rings. The summed E-state index contributed by atoms with van der Waals surface area (Å²) in [4.78, 5) is 12.2. The highest BCUT2D eigenvalue weighted by Gasteiger charge is 2.11. The molecule has 168 valence electrons. The number of aliphatic hydroxyl groups excluding tert-OH is 1. The molecule has 5 N–H and O–H groups in total. The van der Waals surface area contributed by atoms with E-state index in [0.29, 0.717) is 0 Å². The van der Waals surface area contributed by atoms with Gasteiger partial charge in [0.05, 0.1) is 12.3 Å². The van der Waals surface area contributed by atoms with E-state index in [9.17, 15) is 0 Å². The third-order valence-electron chi connectivity index (χ3n) is 4.71. The SMILES string of the molecule is CNCCC1CCCN1.Cc1ccc(-c2cnco2)cc1.O=CO.OC1CCNC1. The molecule has 0 saturated carbocycles. The van der Waals surface area contributed by atoms with Crippen molar-refractivity contribution in [3.05, 3.63) is 42.4 Å². The maximum Gasteiger partial charge on any atom is 0.290 e. The van der Waals surface area contributed by atoms with Crippen molar-refractivity contribution in [1.29, 1.82) is 0 Å². The van der Waals surface area contributed by atoms with E-state index in [1.165, 1.54) is 37.8 Å². The molecular formula is C22H36N4O4. The van der Waals surface area contributed by atoms with Gasteiger partial charge < -0.3 is 30.6 Å². The van der Waals surface area contributed by atoms with Gasteiger partial charge in [-0.05, 0) is 59.3 Å². The Morgan fingerprint density at radius 1 is 1.27 bits per heavy atom. The van der Waals surface area contributed by atoms with Crippen molar-refractivity contribution in [3.63, 3.8) is 0 Å². The average Bonchev–Trinajstić information content (AvgIpc) is 3.52. The molecule has 2 fully saturated rings. The molecule has 0 radical (unpaired) electrons. The van der Waals surface area contributed by atoms with Gasteiger partial charge in [0.1, 0.15) is 0 Å². The first-order valence-corrected chi connectivity index (χ1v) is 10.4. The Kier molecular flexibility index (Phi) is 14.2. The third-order valence-corrected chi connectivity index (χ3v) is 4.71. The molecule has 0 bridgehead atoms. The lowest BCUT2D eigenvalue weighted by Gasteiger charge is -2.07. The number of oxazole rings is 1. The first-order valence-electron chi connectivity index (χ1n) is 10.4. The summed E-state index contributed by atoms with van der Waals surface area (Å²) in [6.07, 6.45) is 8.05. The second-order valence-electron chi connectivity index (χ2n) is 7.17. The largest absolute Gasteiger partial charge is 0.483 e. The summed E-state index contributed by atoms with van der Waals surface area (Å²) in [5.74, 6) is 0.815. The molecule has 1 aromatic carbocycles. The number of hydrogen-bond acceptors (Lipinski definition) is 7. The van der Waals surface area contributed by atoms with Crippen molar-refractivity contribution < 1.29 is 19.4 Å². The molecule has 0 aliphatic carbocycles. The number of carbonyl (C=O) groups is 1. The quantitative estimate of drug-likeness (QED) is 0.477. The highest BCUT2D eigenvalue weighted by Crippen LogP contribution is 2.18. The second-order valence-corrected chi connectivity index (χ2v) is 7.17. The van der Waals surface area contributed by atoms with Gasteiger partial charge in [0.15, 0.2) is 12.2 Å². The van der Waals surface area contributed by atoms with Gasteiger partial charge in [0, 0.05) is 18.2 Å². The van der Waals surface area contributed by atoms with Crippen molar-refractivity contribution in [2.24, 2.45) is 0 Å². The summed E-state index contributed by atoms with van der Waals surface area (Å²) in [6, 6.07) is 8.96. The van der Waals surface area contributed by atoms with Crippen LogP contribution in [0.5, 0.6) is 0 Å². The van der Waals surface area contributed by atoms with Crippen LogP contribution in [0.4, 0.5) is 0 Å². The zero-order chi connectivity index (χ0) is 22.0. The fraction of sp³-hybridized carbons (Fsp3) is 0.545. The number of nitrogens with one attached hydrogen (secondary N) is 3. The van der Waals surface area contributed by atoms with Crippen LogP contribution in [0.25, 0.3) is 11.3 Å². The van der Waals surface area contributed by atoms with Crippen LogP contribution in [0.1, 0.15) is 31.2 Å². The smallest absolute Gasteiger partial charge is 0.290 e. The van der Waals surface area contributed by atoms with Gasteiger partial charge in [-0.3, -0.25) is 4.79 Å². The number of aliphatic hydroxyl groups is 1. The van der Waals surface area contributed by atoms with E-state index < -0.39 is 0 Å². The monoisotopic (exact) mass is 420 g/mol. The maximum absolute atomic E-state index is 8.67. The number of aromatic nitrogens is 1. The molecule has 1 aromatic heterocycles. The van der Waals surface area contributed by atoms with E-state index in [1.54, 1.807) is 6.20 Å². The molecular weight excluding hydrogens is 384 g/mol. The Balaban J connectivity index is 0.000000221. The summed E-state index contributed by atoms with van der Waals surface area (Å²) < 4.78 is 5.15. The van der Waals surface area contributed by atoms with Gasteiger partial charge >= 0.3 is 0 Å². The Bertz CT molecular complexity index is 638. The number of β-amino-alcohol motifs (C(OH)–C–C–N with tert-alkyl or cyclic N) is 1.